The number of carbonyl (C=O) groups excluding carboxylic acids is 1. The molecule has 2 amide bonds. The number of urea groups is 1. The quantitative estimate of drug-likeness (QED) is 0.674. The first-order valence-electron chi connectivity index (χ1n) is 6.53. The van der Waals surface area contributed by atoms with Gasteiger partial charge in [-0.15, -0.1) is 0 Å². The van der Waals surface area contributed by atoms with Crippen LogP contribution in [-0.4, -0.2) is 30.0 Å². The van der Waals surface area contributed by atoms with Gasteiger partial charge in [-0.25, -0.2) is 4.79 Å². The van der Waals surface area contributed by atoms with Gasteiger partial charge in [-0.3, -0.25) is 0 Å². The van der Waals surface area contributed by atoms with Crippen LogP contribution < -0.4 is 10.6 Å². The molecule has 0 aliphatic heterocycles. The number of benzene rings is 1. The van der Waals surface area contributed by atoms with Gasteiger partial charge < -0.3 is 15.7 Å². The average molecular weight is 318 g/mol. The Morgan fingerprint density at radius 1 is 1.33 bits per heavy atom. The van der Waals surface area contributed by atoms with Crippen molar-refractivity contribution in [2.45, 2.75) is 30.9 Å². The zero-order valence-electron chi connectivity index (χ0n) is 12.0. The molecule has 0 atom stereocenters. The fourth-order valence-corrected chi connectivity index (χ4v) is 2.10. The topological polar surface area (TPSA) is 61.4 Å². The largest absolute Gasteiger partial charge is 0.396 e. The summed E-state index contributed by atoms with van der Waals surface area (Å²) in [6.45, 7) is 4.39. The monoisotopic (exact) mass is 318 g/mol. The number of alkyl halides is 2. The minimum Gasteiger partial charge on any atom is -0.396 e. The zero-order valence-corrected chi connectivity index (χ0v) is 12.8. The van der Waals surface area contributed by atoms with Crippen LogP contribution in [0.5, 0.6) is 0 Å². The third-order valence-corrected chi connectivity index (χ3v) is 3.58. The van der Waals surface area contributed by atoms with Gasteiger partial charge in [0.2, 0.25) is 0 Å². The minimum atomic E-state index is -2.46. The number of aliphatic hydroxyl groups excluding tert-OH is 1. The summed E-state index contributed by atoms with van der Waals surface area (Å²) in [5, 5.41) is 14.3. The van der Waals surface area contributed by atoms with E-state index in [4.69, 9.17) is 5.11 Å². The lowest BCUT2D eigenvalue weighted by Crippen LogP contribution is -2.37. The first kappa shape index (κ1) is 17.7. The molecular weight excluding hydrogens is 298 g/mol. The molecule has 0 heterocycles. The van der Waals surface area contributed by atoms with Crippen molar-refractivity contribution >= 4 is 23.5 Å². The van der Waals surface area contributed by atoms with Crippen molar-refractivity contribution in [1.82, 2.24) is 5.32 Å². The molecular formula is C14H20F2N2O2S. The Morgan fingerprint density at radius 2 is 1.95 bits per heavy atom. The van der Waals surface area contributed by atoms with E-state index in [1.165, 1.54) is 12.1 Å². The third-order valence-electron chi connectivity index (χ3n) is 2.85. The van der Waals surface area contributed by atoms with Crippen LogP contribution in [0.25, 0.3) is 0 Å². The van der Waals surface area contributed by atoms with Crippen LogP contribution in [0.3, 0.4) is 0 Å². The number of thioether (sulfide) groups is 1. The highest BCUT2D eigenvalue weighted by Gasteiger charge is 2.18. The SMILES string of the molecule is CC(C)(CCO)CNC(=O)Nc1ccc(SC(F)F)cc1. The highest BCUT2D eigenvalue weighted by Crippen LogP contribution is 2.26. The molecule has 7 heteroatoms. The van der Waals surface area contributed by atoms with E-state index in [2.05, 4.69) is 10.6 Å². The van der Waals surface area contributed by atoms with Crippen LogP contribution in [-0.2, 0) is 0 Å². The predicted octanol–water partition coefficient (Wildman–Crippen LogP) is 3.53. The van der Waals surface area contributed by atoms with E-state index >= 15 is 0 Å². The van der Waals surface area contributed by atoms with Gasteiger partial charge in [0.1, 0.15) is 0 Å². The van der Waals surface area contributed by atoms with E-state index in [9.17, 15) is 13.6 Å². The summed E-state index contributed by atoms with van der Waals surface area (Å²) in [5.74, 6) is -2.46. The summed E-state index contributed by atoms with van der Waals surface area (Å²) < 4.78 is 24.3. The Hall–Kier alpha value is -1.34. The van der Waals surface area contributed by atoms with Gasteiger partial charge in [-0.1, -0.05) is 25.6 Å². The first-order chi connectivity index (χ1) is 9.82. The molecule has 0 bridgehead atoms. The van der Waals surface area contributed by atoms with Crippen molar-refractivity contribution in [3.05, 3.63) is 24.3 Å². The molecule has 3 N–H and O–H groups in total. The van der Waals surface area contributed by atoms with E-state index < -0.39 is 5.76 Å². The van der Waals surface area contributed by atoms with Crippen molar-refractivity contribution in [2.24, 2.45) is 5.41 Å². The summed E-state index contributed by atoms with van der Waals surface area (Å²) >= 11 is 0.460. The number of rotatable bonds is 7. The predicted molar refractivity (Wildman–Crippen MR) is 80.8 cm³/mol. The maximum absolute atomic E-state index is 12.2. The lowest BCUT2D eigenvalue weighted by molar-refractivity contribution is 0.204. The molecule has 1 rings (SSSR count). The molecule has 0 radical (unpaired) electrons. The molecule has 1 aromatic rings. The molecule has 0 unspecified atom stereocenters. The molecule has 4 nitrogen and oxygen atoms in total. The molecule has 21 heavy (non-hydrogen) atoms. The number of amides is 2. The number of nitrogens with one attached hydrogen (secondary N) is 2. The Labute approximate surface area is 127 Å². The molecule has 0 saturated carbocycles. The molecule has 0 spiro atoms. The average Bonchev–Trinajstić information content (AvgIpc) is 2.38. The van der Waals surface area contributed by atoms with Crippen LogP contribution in [0.15, 0.2) is 29.2 Å². The second kappa shape index (κ2) is 8.19. The normalized spacial score (nSPS) is 11.5. The fraction of sp³-hybridized carbons (Fsp3) is 0.500. The maximum atomic E-state index is 12.2. The van der Waals surface area contributed by atoms with Gasteiger partial charge in [0, 0.05) is 23.7 Å². The minimum absolute atomic E-state index is 0.0690. The summed E-state index contributed by atoms with van der Waals surface area (Å²) in [6.07, 6.45) is 0.590. The second-order valence-corrected chi connectivity index (χ2v) is 6.41. The summed E-state index contributed by atoms with van der Waals surface area (Å²) in [6, 6.07) is 5.84. The maximum Gasteiger partial charge on any atom is 0.319 e. The van der Waals surface area contributed by atoms with Crippen molar-refractivity contribution in [2.75, 3.05) is 18.5 Å². The van der Waals surface area contributed by atoms with Crippen molar-refractivity contribution in [1.29, 1.82) is 0 Å². The van der Waals surface area contributed by atoms with Gasteiger partial charge in [-0.05, 0) is 36.1 Å². The van der Waals surface area contributed by atoms with E-state index in [0.29, 0.717) is 35.3 Å². The number of anilines is 1. The van der Waals surface area contributed by atoms with Gasteiger partial charge in [0.25, 0.3) is 5.76 Å². The molecule has 118 valence electrons. The van der Waals surface area contributed by atoms with E-state index in [0.717, 1.165) is 0 Å². The molecule has 0 aromatic heterocycles. The van der Waals surface area contributed by atoms with Crippen LogP contribution in [0.1, 0.15) is 20.3 Å². The summed E-state index contributed by atoms with van der Waals surface area (Å²) in [4.78, 5) is 12.2. The number of halogens is 2. The number of carbonyl (C=O) groups is 1. The summed E-state index contributed by atoms with van der Waals surface area (Å²) in [7, 11) is 0. The smallest absolute Gasteiger partial charge is 0.319 e. The van der Waals surface area contributed by atoms with E-state index in [1.807, 2.05) is 13.8 Å². The third kappa shape index (κ3) is 7.29. The van der Waals surface area contributed by atoms with Crippen LogP contribution in [0.2, 0.25) is 0 Å². The van der Waals surface area contributed by atoms with E-state index in [1.54, 1.807) is 12.1 Å². The Balaban J connectivity index is 2.44. The standard InChI is InChI=1S/C14H20F2N2O2S/c1-14(2,7-8-19)9-17-13(20)18-10-3-5-11(6-4-10)21-12(15)16/h3-6,12,19H,7-9H2,1-2H3,(H2,17,18,20). The van der Waals surface area contributed by atoms with E-state index in [-0.39, 0.29) is 18.1 Å². The number of hydrogen-bond acceptors (Lipinski definition) is 3. The fourth-order valence-electron chi connectivity index (χ4n) is 1.61. The highest BCUT2D eigenvalue weighted by molar-refractivity contribution is 7.99. The van der Waals surface area contributed by atoms with Gasteiger partial charge in [0.05, 0.1) is 0 Å². The summed E-state index contributed by atoms with van der Waals surface area (Å²) in [5.41, 5.74) is 0.343. The van der Waals surface area contributed by atoms with Crippen LogP contribution >= 0.6 is 11.8 Å². The van der Waals surface area contributed by atoms with Crippen LogP contribution in [0, 0.1) is 5.41 Å². The van der Waals surface area contributed by atoms with Gasteiger partial charge in [0.15, 0.2) is 0 Å². The first-order valence-corrected chi connectivity index (χ1v) is 7.41. The second-order valence-electron chi connectivity index (χ2n) is 5.35. The molecule has 0 saturated heterocycles. The highest BCUT2D eigenvalue weighted by atomic mass is 32.2. The lowest BCUT2D eigenvalue weighted by atomic mass is 9.90. The number of aliphatic hydroxyl groups is 1. The van der Waals surface area contributed by atoms with Gasteiger partial charge >= 0.3 is 6.03 Å². The van der Waals surface area contributed by atoms with Gasteiger partial charge in [-0.2, -0.15) is 8.78 Å². The molecule has 0 fully saturated rings. The number of hydrogen-bond donors (Lipinski definition) is 3. The van der Waals surface area contributed by atoms with Crippen molar-refractivity contribution in [3.63, 3.8) is 0 Å². The lowest BCUT2D eigenvalue weighted by Gasteiger charge is -2.23. The van der Waals surface area contributed by atoms with Crippen molar-refractivity contribution in [3.8, 4) is 0 Å². The van der Waals surface area contributed by atoms with Crippen molar-refractivity contribution < 1.29 is 18.7 Å². The molecule has 0 aliphatic carbocycles. The molecule has 1 aromatic carbocycles. The Morgan fingerprint density at radius 3 is 2.48 bits per heavy atom. The molecule has 0 aliphatic rings. The Kier molecular flexibility index (Phi) is 6.91. The Bertz CT molecular complexity index is 453. The zero-order chi connectivity index (χ0) is 15.9. The van der Waals surface area contributed by atoms with Crippen LogP contribution in [0.4, 0.5) is 19.3 Å².